The second-order valence-electron chi connectivity index (χ2n) is 5.58. The Morgan fingerprint density at radius 1 is 0.880 bits per heavy atom. The Morgan fingerprint density at radius 3 is 2.28 bits per heavy atom. The molecule has 5 nitrogen and oxygen atoms in total. The first kappa shape index (κ1) is 16.6. The maximum atomic E-state index is 6.07. The van der Waals surface area contributed by atoms with Gasteiger partial charge in [0.2, 0.25) is 0 Å². The van der Waals surface area contributed by atoms with Crippen LogP contribution in [0.1, 0.15) is 6.92 Å². The number of hydrogen-bond acceptors (Lipinski definition) is 5. The lowest BCUT2D eigenvalue weighted by Gasteiger charge is -2.12. The van der Waals surface area contributed by atoms with Crippen molar-refractivity contribution in [3.8, 4) is 33.8 Å². The zero-order valence-corrected chi connectivity index (χ0v) is 14.3. The van der Waals surface area contributed by atoms with E-state index >= 15 is 0 Å². The summed E-state index contributed by atoms with van der Waals surface area (Å²) in [5.41, 5.74) is 16.3. The second-order valence-corrected chi connectivity index (χ2v) is 5.58. The molecule has 0 radical (unpaired) electrons. The predicted octanol–water partition coefficient (Wildman–Crippen LogP) is 3.99. The van der Waals surface area contributed by atoms with Gasteiger partial charge in [-0.15, -0.1) is 0 Å². The number of rotatable bonds is 5. The first-order valence-corrected chi connectivity index (χ1v) is 8.05. The van der Waals surface area contributed by atoms with Crippen LogP contribution in [0.25, 0.3) is 22.3 Å². The number of pyridine rings is 1. The molecule has 0 aliphatic rings. The number of nitrogens with two attached hydrogens (primary N) is 2. The van der Waals surface area contributed by atoms with E-state index in [1.807, 2.05) is 55.5 Å². The number of ether oxygens (including phenoxy) is 2. The summed E-state index contributed by atoms with van der Waals surface area (Å²) >= 11 is 0. The van der Waals surface area contributed by atoms with Gasteiger partial charge in [-0.1, -0.05) is 18.2 Å². The SMILES string of the molecule is CCOc1cc(-c2cnc(N)c(-c3ccc(N)cc3)c2)ccc1OC. The smallest absolute Gasteiger partial charge is 0.161 e. The highest BCUT2D eigenvalue weighted by Crippen LogP contribution is 2.35. The molecule has 0 spiro atoms. The number of hydrogen-bond donors (Lipinski definition) is 2. The number of nitrogens with zero attached hydrogens (tertiary/aromatic N) is 1. The molecule has 1 heterocycles. The fraction of sp³-hybridized carbons (Fsp3) is 0.150. The number of anilines is 2. The summed E-state index contributed by atoms with van der Waals surface area (Å²) in [6, 6.07) is 15.4. The standard InChI is InChI=1S/C20H21N3O2/c1-3-25-19-11-14(6-9-18(19)24-2)15-10-17(20(22)23-12-15)13-4-7-16(21)8-5-13/h4-12H,3,21H2,1-2H3,(H2,22,23). The van der Waals surface area contributed by atoms with Gasteiger partial charge in [-0.2, -0.15) is 0 Å². The average Bonchev–Trinajstić information content (AvgIpc) is 2.63. The van der Waals surface area contributed by atoms with Crippen LogP contribution >= 0.6 is 0 Å². The van der Waals surface area contributed by atoms with Crippen LogP contribution in [-0.2, 0) is 0 Å². The van der Waals surface area contributed by atoms with Gasteiger partial charge in [0.25, 0.3) is 0 Å². The quantitative estimate of drug-likeness (QED) is 0.689. The highest BCUT2D eigenvalue weighted by atomic mass is 16.5. The molecule has 0 fully saturated rings. The molecule has 25 heavy (non-hydrogen) atoms. The Hall–Kier alpha value is -3.21. The van der Waals surface area contributed by atoms with Crippen LogP contribution in [0.4, 0.5) is 11.5 Å². The fourth-order valence-corrected chi connectivity index (χ4v) is 2.65. The molecule has 0 atom stereocenters. The second kappa shape index (κ2) is 7.13. The Bertz CT molecular complexity index is 877. The van der Waals surface area contributed by atoms with Gasteiger partial charge >= 0.3 is 0 Å². The summed E-state index contributed by atoms with van der Waals surface area (Å²) < 4.78 is 11.0. The van der Waals surface area contributed by atoms with E-state index in [1.54, 1.807) is 13.3 Å². The summed E-state index contributed by atoms with van der Waals surface area (Å²) in [7, 11) is 1.63. The van der Waals surface area contributed by atoms with Crippen molar-refractivity contribution in [3.05, 3.63) is 54.7 Å². The molecule has 4 N–H and O–H groups in total. The minimum absolute atomic E-state index is 0.479. The molecule has 0 saturated carbocycles. The van der Waals surface area contributed by atoms with Crippen molar-refractivity contribution >= 4 is 11.5 Å². The van der Waals surface area contributed by atoms with Crippen LogP contribution in [0.5, 0.6) is 11.5 Å². The van der Waals surface area contributed by atoms with Gasteiger partial charge in [0, 0.05) is 23.0 Å². The number of nitrogen functional groups attached to an aromatic ring is 2. The third kappa shape index (κ3) is 3.50. The summed E-state index contributed by atoms with van der Waals surface area (Å²) in [5.74, 6) is 1.88. The van der Waals surface area contributed by atoms with E-state index in [9.17, 15) is 0 Å². The molecule has 1 aromatic heterocycles. The van der Waals surface area contributed by atoms with Crippen molar-refractivity contribution in [1.29, 1.82) is 0 Å². The van der Waals surface area contributed by atoms with Crippen molar-refractivity contribution in [2.45, 2.75) is 6.92 Å². The molecular weight excluding hydrogens is 314 g/mol. The van der Waals surface area contributed by atoms with Gasteiger partial charge in [-0.3, -0.25) is 0 Å². The largest absolute Gasteiger partial charge is 0.493 e. The van der Waals surface area contributed by atoms with Crippen molar-refractivity contribution in [3.63, 3.8) is 0 Å². The molecule has 0 aliphatic carbocycles. The van der Waals surface area contributed by atoms with E-state index in [1.165, 1.54) is 0 Å². The number of methoxy groups -OCH3 is 1. The molecular formula is C20H21N3O2. The monoisotopic (exact) mass is 335 g/mol. The molecule has 3 rings (SSSR count). The summed E-state index contributed by atoms with van der Waals surface area (Å²) in [6.07, 6.45) is 1.76. The van der Waals surface area contributed by atoms with Gasteiger partial charge in [-0.05, 0) is 48.4 Å². The van der Waals surface area contributed by atoms with Crippen LogP contribution in [-0.4, -0.2) is 18.7 Å². The van der Waals surface area contributed by atoms with Crippen LogP contribution in [0.3, 0.4) is 0 Å². The molecule has 5 heteroatoms. The Labute approximate surface area is 147 Å². The highest BCUT2D eigenvalue weighted by Gasteiger charge is 2.10. The minimum atomic E-state index is 0.479. The lowest BCUT2D eigenvalue weighted by Crippen LogP contribution is -1.97. The Morgan fingerprint density at radius 2 is 1.60 bits per heavy atom. The molecule has 0 amide bonds. The van der Waals surface area contributed by atoms with Gasteiger partial charge in [0.15, 0.2) is 11.5 Å². The molecule has 2 aromatic carbocycles. The van der Waals surface area contributed by atoms with E-state index in [4.69, 9.17) is 20.9 Å². The topological polar surface area (TPSA) is 83.4 Å². The lowest BCUT2D eigenvalue weighted by atomic mass is 10.0. The zero-order valence-electron chi connectivity index (χ0n) is 14.3. The van der Waals surface area contributed by atoms with Crippen molar-refractivity contribution in [2.24, 2.45) is 0 Å². The van der Waals surface area contributed by atoms with Crippen molar-refractivity contribution in [2.75, 3.05) is 25.2 Å². The van der Waals surface area contributed by atoms with Crippen LogP contribution in [0.15, 0.2) is 54.7 Å². The number of benzene rings is 2. The molecule has 128 valence electrons. The summed E-state index contributed by atoms with van der Waals surface area (Å²) in [6.45, 7) is 2.51. The molecule has 0 saturated heterocycles. The van der Waals surface area contributed by atoms with E-state index in [0.717, 1.165) is 22.3 Å². The van der Waals surface area contributed by atoms with Gasteiger partial charge < -0.3 is 20.9 Å². The molecule has 0 aliphatic heterocycles. The van der Waals surface area contributed by atoms with Crippen LogP contribution in [0.2, 0.25) is 0 Å². The first-order valence-electron chi connectivity index (χ1n) is 8.05. The molecule has 3 aromatic rings. The maximum absolute atomic E-state index is 6.07. The molecule has 0 bridgehead atoms. The van der Waals surface area contributed by atoms with Crippen molar-refractivity contribution in [1.82, 2.24) is 4.98 Å². The van der Waals surface area contributed by atoms with Crippen LogP contribution < -0.4 is 20.9 Å². The zero-order chi connectivity index (χ0) is 17.8. The number of aromatic nitrogens is 1. The summed E-state index contributed by atoms with van der Waals surface area (Å²) in [5, 5.41) is 0. The van der Waals surface area contributed by atoms with Crippen molar-refractivity contribution < 1.29 is 9.47 Å². The Balaban J connectivity index is 2.05. The normalized spacial score (nSPS) is 10.5. The van der Waals surface area contributed by atoms with Gasteiger partial charge in [0.1, 0.15) is 5.82 Å². The first-order chi connectivity index (χ1) is 12.1. The Kier molecular flexibility index (Phi) is 4.75. The average molecular weight is 335 g/mol. The van der Waals surface area contributed by atoms with E-state index in [-0.39, 0.29) is 0 Å². The van der Waals surface area contributed by atoms with Gasteiger partial charge in [-0.25, -0.2) is 4.98 Å². The summed E-state index contributed by atoms with van der Waals surface area (Å²) in [4.78, 5) is 4.35. The van der Waals surface area contributed by atoms with E-state index in [0.29, 0.717) is 29.6 Å². The lowest BCUT2D eigenvalue weighted by molar-refractivity contribution is 0.311. The van der Waals surface area contributed by atoms with Crippen LogP contribution in [0, 0.1) is 0 Å². The van der Waals surface area contributed by atoms with E-state index in [2.05, 4.69) is 4.98 Å². The third-order valence-corrected chi connectivity index (χ3v) is 3.94. The third-order valence-electron chi connectivity index (χ3n) is 3.94. The maximum Gasteiger partial charge on any atom is 0.161 e. The fourth-order valence-electron chi connectivity index (χ4n) is 2.65. The predicted molar refractivity (Wildman–Crippen MR) is 102 cm³/mol. The minimum Gasteiger partial charge on any atom is -0.493 e. The molecule has 0 unspecified atom stereocenters. The van der Waals surface area contributed by atoms with Gasteiger partial charge in [0.05, 0.1) is 13.7 Å². The highest BCUT2D eigenvalue weighted by molar-refractivity contribution is 5.80. The van der Waals surface area contributed by atoms with E-state index < -0.39 is 0 Å².